The summed E-state index contributed by atoms with van der Waals surface area (Å²) in [6.45, 7) is 4.73. The van der Waals surface area contributed by atoms with Gasteiger partial charge in [-0.1, -0.05) is 68.9 Å². The number of hydrazone groups is 1. The molecule has 0 aliphatic carbocycles. The van der Waals surface area contributed by atoms with Gasteiger partial charge in [-0.15, -0.1) is 0 Å². The van der Waals surface area contributed by atoms with Gasteiger partial charge in [0.2, 0.25) is 0 Å². The van der Waals surface area contributed by atoms with Gasteiger partial charge in [0, 0.05) is 11.1 Å². The maximum atomic E-state index is 12.6. The number of unbranched alkanes of at least 4 members (excludes halogenated alkanes) is 5. The minimum absolute atomic E-state index is 0.0533. The molecule has 3 rings (SSSR count). The predicted molar refractivity (Wildman–Crippen MR) is 146 cm³/mol. The maximum Gasteiger partial charge on any atom is 0.339 e. The molecule has 0 bridgehead atoms. The molecule has 0 aliphatic heterocycles. The lowest BCUT2D eigenvalue weighted by molar-refractivity contribution is 0.0955. The molecule has 8 heteroatoms. The SMILES string of the molecule is CCCCCCCCOc1ccc(C(=O)N/N=C/c2ccccc2OS(=O)(=O)c2ccc(C)cc2)cc1. The van der Waals surface area contributed by atoms with Gasteiger partial charge in [-0.2, -0.15) is 13.5 Å². The summed E-state index contributed by atoms with van der Waals surface area (Å²) in [5.41, 5.74) is 4.22. The molecule has 0 spiro atoms. The summed E-state index contributed by atoms with van der Waals surface area (Å²) < 4.78 is 36.4. The van der Waals surface area contributed by atoms with Crippen LogP contribution >= 0.6 is 0 Å². The second kappa shape index (κ2) is 14.2. The van der Waals surface area contributed by atoms with Crippen LogP contribution in [0.1, 0.15) is 66.9 Å². The van der Waals surface area contributed by atoms with Crippen molar-refractivity contribution in [2.75, 3.05) is 6.61 Å². The fourth-order valence-electron chi connectivity index (χ4n) is 3.53. The van der Waals surface area contributed by atoms with Crippen LogP contribution in [-0.2, 0) is 10.1 Å². The number of carbonyl (C=O) groups excluding carboxylic acids is 1. The summed E-state index contributed by atoms with van der Waals surface area (Å²) in [4.78, 5) is 12.5. The van der Waals surface area contributed by atoms with E-state index in [2.05, 4.69) is 17.5 Å². The largest absolute Gasteiger partial charge is 0.494 e. The molecule has 0 unspecified atom stereocenters. The summed E-state index contributed by atoms with van der Waals surface area (Å²) in [5.74, 6) is 0.423. The molecule has 7 nitrogen and oxygen atoms in total. The first-order valence-corrected chi connectivity index (χ1v) is 14.0. The number of hydrogen-bond acceptors (Lipinski definition) is 6. The monoisotopic (exact) mass is 522 g/mol. The van der Waals surface area contributed by atoms with E-state index in [9.17, 15) is 13.2 Å². The van der Waals surface area contributed by atoms with Gasteiger partial charge >= 0.3 is 10.1 Å². The summed E-state index contributed by atoms with van der Waals surface area (Å²) in [5, 5.41) is 3.98. The number of aryl methyl sites for hydroxylation is 1. The Kier molecular flexibility index (Phi) is 10.7. The van der Waals surface area contributed by atoms with E-state index in [4.69, 9.17) is 8.92 Å². The van der Waals surface area contributed by atoms with Crippen molar-refractivity contribution in [2.45, 2.75) is 57.3 Å². The van der Waals surface area contributed by atoms with Crippen molar-refractivity contribution in [3.8, 4) is 11.5 Å². The van der Waals surface area contributed by atoms with Gasteiger partial charge in [-0.25, -0.2) is 5.43 Å². The van der Waals surface area contributed by atoms with E-state index in [1.54, 1.807) is 54.6 Å². The van der Waals surface area contributed by atoms with Crippen LogP contribution in [0.3, 0.4) is 0 Å². The lowest BCUT2D eigenvalue weighted by Crippen LogP contribution is -2.17. The minimum Gasteiger partial charge on any atom is -0.494 e. The first kappa shape index (κ1) is 27.9. The molecule has 0 aliphatic rings. The topological polar surface area (TPSA) is 94.1 Å². The zero-order valence-corrected chi connectivity index (χ0v) is 22.2. The van der Waals surface area contributed by atoms with E-state index < -0.39 is 16.0 Å². The van der Waals surface area contributed by atoms with Crippen LogP contribution in [0.25, 0.3) is 0 Å². The number of amides is 1. The Balaban J connectivity index is 1.52. The van der Waals surface area contributed by atoms with Crippen molar-refractivity contribution in [1.82, 2.24) is 5.43 Å². The number of nitrogens with one attached hydrogen (secondary N) is 1. The summed E-state index contributed by atoms with van der Waals surface area (Å²) in [7, 11) is -4.02. The Hall–Kier alpha value is -3.65. The molecule has 196 valence electrons. The molecule has 0 aromatic heterocycles. The molecular weight excluding hydrogens is 488 g/mol. The standard InChI is InChI=1S/C29H34N2O5S/c1-3-4-5-6-7-10-21-35-26-17-15-24(16-18-26)29(32)31-30-22-25-11-8-9-12-28(25)36-37(33,34)27-19-13-23(2)14-20-27/h8-9,11-20,22H,3-7,10,21H2,1-2H3,(H,31,32)/b30-22+. The Bertz CT molecular complexity index is 1270. The smallest absolute Gasteiger partial charge is 0.339 e. The normalized spacial score (nSPS) is 11.4. The molecule has 3 aromatic rings. The van der Waals surface area contributed by atoms with E-state index in [0.717, 1.165) is 24.2 Å². The zero-order chi connectivity index (χ0) is 26.5. The lowest BCUT2D eigenvalue weighted by Gasteiger charge is -2.09. The summed E-state index contributed by atoms with van der Waals surface area (Å²) >= 11 is 0. The molecule has 3 aromatic carbocycles. The van der Waals surface area contributed by atoms with Crippen LogP contribution < -0.4 is 14.3 Å². The molecule has 0 heterocycles. The van der Waals surface area contributed by atoms with Crippen molar-refractivity contribution in [1.29, 1.82) is 0 Å². The fourth-order valence-corrected chi connectivity index (χ4v) is 4.49. The Morgan fingerprint density at radius 2 is 1.57 bits per heavy atom. The molecular formula is C29H34N2O5S. The maximum absolute atomic E-state index is 12.6. The Morgan fingerprint density at radius 3 is 2.30 bits per heavy atom. The zero-order valence-electron chi connectivity index (χ0n) is 21.4. The quantitative estimate of drug-likeness (QED) is 0.117. The molecule has 0 saturated heterocycles. The minimum atomic E-state index is -4.02. The van der Waals surface area contributed by atoms with Crippen molar-refractivity contribution in [2.24, 2.45) is 5.10 Å². The highest BCUT2D eigenvalue weighted by Gasteiger charge is 2.18. The third-order valence-electron chi connectivity index (χ3n) is 5.68. The number of nitrogens with zero attached hydrogens (tertiary/aromatic N) is 1. The summed E-state index contributed by atoms with van der Waals surface area (Å²) in [6, 6.07) is 19.8. The van der Waals surface area contributed by atoms with Gasteiger partial charge < -0.3 is 8.92 Å². The van der Waals surface area contributed by atoms with Gasteiger partial charge in [0.05, 0.1) is 12.8 Å². The first-order valence-electron chi connectivity index (χ1n) is 12.6. The average Bonchev–Trinajstić information content (AvgIpc) is 2.89. The average molecular weight is 523 g/mol. The van der Waals surface area contributed by atoms with E-state index >= 15 is 0 Å². The number of carbonyl (C=O) groups is 1. The van der Waals surface area contributed by atoms with E-state index in [-0.39, 0.29) is 10.6 Å². The number of ether oxygens (including phenoxy) is 1. The fraction of sp³-hybridized carbons (Fsp3) is 0.310. The van der Waals surface area contributed by atoms with E-state index in [1.165, 1.54) is 50.1 Å². The molecule has 0 radical (unpaired) electrons. The first-order chi connectivity index (χ1) is 17.9. The highest BCUT2D eigenvalue weighted by Crippen LogP contribution is 2.22. The van der Waals surface area contributed by atoms with Crippen molar-refractivity contribution in [3.05, 3.63) is 89.5 Å². The van der Waals surface area contributed by atoms with Crippen LogP contribution in [0.2, 0.25) is 0 Å². The molecule has 0 atom stereocenters. The van der Waals surface area contributed by atoms with Gasteiger partial charge in [-0.3, -0.25) is 4.79 Å². The van der Waals surface area contributed by atoms with Crippen molar-refractivity contribution < 1.29 is 22.1 Å². The van der Waals surface area contributed by atoms with Gasteiger partial charge in [0.1, 0.15) is 10.6 Å². The van der Waals surface area contributed by atoms with Crippen LogP contribution in [0.5, 0.6) is 11.5 Å². The summed E-state index contributed by atoms with van der Waals surface area (Å²) in [6.07, 6.45) is 8.54. The number of rotatable bonds is 14. The predicted octanol–water partition coefficient (Wildman–Crippen LogP) is 6.27. The Labute approximate surface area is 219 Å². The van der Waals surface area contributed by atoms with Crippen molar-refractivity contribution in [3.63, 3.8) is 0 Å². The van der Waals surface area contributed by atoms with Crippen LogP contribution in [0, 0.1) is 6.92 Å². The molecule has 0 fully saturated rings. The van der Waals surface area contributed by atoms with Crippen LogP contribution in [0.15, 0.2) is 82.8 Å². The molecule has 1 amide bonds. The van der Waals surface area contributed by atoms with Gasteiger partial charge in [-0.05, 0) is 61.9 Å². The third-order valence-corrected chi connectivity index (χ3v) is 6.93. The number of benzene rings is 3. The van der Waals surface area contributed by atoms with Crippen molar-refractivity contribution >= 4 is 22.2 Å². The second-order valence-electron chi connectivity index (χ2n) is 8.73. The van der Waals surface area contributed by atoms with Crippen LogP contribution in [-0.4, -0.2) is 27.1 Å². The number of para-hydroxylation sites is 1. The highest BCUT2D eigenvalue weighted by atomic mass is 32.2. The van der Waals surface area contributed by atoms with Gasteiger partial charge in [0.15, 0.2) is 5.75 Å². The van der Waals surface area contributed by atoms with Gasteiger partial charge in [0.25, 0.3) is 5.91 Å². The highest BCUT2D eigenvalue weighted by molar-refractivity contribution is 7.87. The Morgan fingerprint density at radius 1 is 0.892 bits per heavy atom. The van der Waals surface area contributed by atoms with E-state index in [1.807, 2.05) is 6.92 Å². The molecule has 37 heavy (non-hydrogen) atoms. The molecule has 0 saturated carbocycles. The second-order valence-corrected chi connectivity index (χ2v) is 10.3. The lowest BCUT2D eigenvalue weighted by atomic mass is 10.1. The number of hydrogen-bond donors (Lipinski definition) is 1. The van der Waals surface area contributed by atoms with Crippen LogP contribution in [0.4, 0.5) is 0 Å². The molecule has 1 N–H and O–H groups in total. The third kappa shape index (κ3) is 9.06. The van der Waals surface area contributed by atoms with E-state index in [0.29, 0.717) is 17.7 Å².